The summed E-state index contributed by atoms with van der Waals surface area (Å²) in [6, 6.07) is 7.26. The summed E-state index contributed by atoms with van der Waals surface area (Å²) in [6.07, 6.45) is 3.60. The summed E-state index contributed by atoms with van der Waals surface area (Å²) in [5, 5.41) is 22.8. The zero-order valence-corrected chi connectivity index (χ0v) is 12.5. The zero-order chi connectivity index (χ0) is 15.1. The minimum absolute atomic E-state index is 0.124. The second-order valence-corrected chi connectivity index (χ2v) is 5.67. The van der Waals surface area contributed by atoms with Crippen LogP contribution in [-0.2, 0) is 0 Å². The Bertz CT molecular complexity index is 415. The highest BCUT2D eigenvalue weighted by Crippen LogP contribution is 2.28. The molecule has 0 radical (unpaired) electrons. The van der Waals surface area contributed by atoms with Crippen molar-refractivity contribution in [2.24, 2.45) is 0 Å². The van der Waals surface area contributed by atoms with Gasteiger partial charge in [-0.15, -0.1) is 0 Å². The number of aliphatic hydroxyl groups is 2. The van der Waals surface area contributed by atoms with Gasteiger partial charge in [0.15, 0.2) is 0 Å². The van der Waals surface area contributed by atoms with E-state index in [1.54, 1.807) is 7.11 Å². The molecule has 21 heavy (non-hydrogen) atoms. The predicted molar refractivity (Wildman–Crippen MR) is 80.8 cm³/mol. The number of hydrogen-bond donors (Lipinski definition) is 3. The number of nitrogens with one attached hydrogen (secondary N) is 1. The molecule has 0 amide bonds. The van der Waals surface area contributed by atoms with Gasteiger partial charge in [0.25, 0.3) is 0 Å². The van der Waals surface area contributed by atoms with E-state index in [0.717, 1.165) is 31.4 Å². The fourth-order valence-electron chi connectivity index (χ4n) is 2.70. The van der Waals surface area contributed by atoms with Crippen molar-refractivity contribution in [3.63, 3.8) is 0 Å². The van der Waals surface area contributed by atoms with Gasteiger partial charge in [0.05, 0.1) is 13.7 Å². The van der Waals surface area contributed by atoms with Crippen molar-refractivity contribution in [1.29, 1.82) is 0 Å². The highest BCUT2D eigenvalue weighted by atomic mass is 16.5. The summed E-state index contributed by atoms with van der Waals surface area (Å²) in [5.41, 5.74) is -0.207. The summed E-state index contributed by atoms with van der Waals surface area (Å²) >= 11 is 0. The van der Waals surface area contributed by atoms with Crippen LogP contribution < -0.4 is 14.8 Å². The molecule has 0 saturated heterocycles. The van der Waals surface area contributed by atoms with Crippen molar-refractivity contribution in [2.75, 3.05) is 26.9 Å². The van der Waals surface area contributed by atoms with Gasteiger partial charge in [0, 0.05) is 12.1 Å². The lowest BCUT2D eigenvalue weighted by Gasteiger charge is -2.29. The summed E-state index contributed by atoms with van der Waals surface area (Å²) in [4.78, 5) is 0. The minimum atomic E-state index is -0.601. The fraction of sp³-hybridized carbons (Fsp3) is 0.625. The molecule has 1 aromatic rings. The molecule has 5 nitrogen and oxygen atoms in total. The Balaban J connectivity index is 1.72. The lowest BCUT2D eigenvalue weighted by Crippen LogP contribution is -2.49. The van der Waals surface area contributed by atoms with Crippen LogP contribution in [0.1, 0.15) is 25.7 Å². The van der Waals surface area contributed by atoms with Gasteiger partial charge < -0.3 is 25.0 Å². The summed E-state index contributed by atoms with van der Waals surface area (Å²) in [5.74, 6) is 1.48. The molecule has 0 bridgehead atoms. The fourth-order valence-corrected chi connectivity index (χ4v) is 2.70. The van der Waals surface area contributed by atoms with Crippen LogP contribution in [0.15, 0.2) is 24.3 Å². The molecule has 0 aromatic heterocycles. The lowest BCUT2D eigenvalue weighted by molar-refractivity contribution is 0.0849. The molecule has 2 rings (SSSR count). The molecule has 0 aliphatic heterocycles. The molecule has 1 aromatic carbocycles. The van der Waals surface area contributed by atoms with Crippen molar-refractivity contribution in [2.45, 2.75) is 37.3 Å². The standard InChI is InChI=1S/C16H25NO4/c1-20-14-4-6-15(7-5-14)21-11-13(19)10-17-16(12-18)8-2-3-9-16/h4-7,13,17-19H,2-3,8-12H2,1H3. The summed E-state index contributed by atoms with van der Waals surface area (Å²) < 4.78 is 10.6. The monoisotopic (exact) mass is 295 g/mol. The molecule has 1 aliphatic carbocycles. The normalized spacial score (nSPS) is 18.4. The van der Waals surface area contributed by atoms with Crippen molar-refractivity contribution in [3.8, 4) is 11.5 Å². The molecule has 5 heteroatoms. The minimum Gasteiger partial charge on any atom is -0.497 e. The van der Waals surface area contributed by atoms with Crippen LogP contribution in [0.2, 0.25) is 0 Å². The van der Waals surface area contributed by atoms with Crippen LogP contribution in [0.3, 0.4) is 0 Å². The van der Waals surface area contributed by atoms with Gasteiger partial charge in [-0.1, -0.05) is 12.8 Å². The predicted octanol–water partition coefficient (Wildman–Crippen LogP) is 1.33. The van der Waals surface area contributed by atoms with E-state index < -0.39 is 6.10 Å². The van der Waals surface area contributed by atoms with E-state index >= 15 is 0 Å². The summed E-state index contributed by atoms with van der Waals surface area (Å²) in [6.45, 7) is 0.774. The zero-order valence-electron chi connectivity index (χ0n) is 12.5. The van der Waals surface area contributed by atoms with Crippen LogP contribution in [-0.4, -0.2) is 48.7 Å². The van der Waals surface area contributed by atoms with Crippen LogP contribution in [0.25, 0.3) is 0 Å². The Morgan fingerprint density at radius 1 is 1.19 bits per heavy atom. The van der Waals surface area contributed by atoms with Crippen LogP contribution in [0, 0.1) is 0 Å². The lowest BCUT2D eigenvalue weighted by atomic mass is 9.99. The highest BCUT2D eigenvalue weighted by Gasteiger charge is 2.32. The van der Waals surface area contributed by atoms with Gasteiger partial charge in [-0.2, -0.15) is 0 Å². The molecule has 118 valence electrons. The van der Waals surface area contributed by atoms with Gasteiger partial charge in [-0.25, -0.2) is 0 Å². The first kappa shape index (κ1) is 16.1. The van der Waals surface area contributed by atoms with Crippen LogP contribution in [0.5, 0.6) is 11.5 Å². The Hall–Kier alpha value is -1.30. The third-order valence-electron chi connectivity index (χ3n) is 4.08. The molecule has 1 unspecified atom stereocenters. The number of hydrogen-bond acceptors (Lipinski definition) is 5. The van der Waals surface area contributed by atoms with Gasteiger partial charge in [-0.05, 0) is 37.1 Å². The van der Waals surface area contributed by atoms with Gasteiger partial charge in [0.2, 0.25) is 0 Å². The first-order valence-electron chi connectivity index (χ1n) is 7.48. The van der Waals surface area contributed by atoms with E-state index in [9.17, 15) is 10.2 Å². The number of rotatable bonds is 8. The van der Waals surface area contributed by atoms with Gasteiger partial charge >= 0.3 is 0 Å². The highest BCUT2D eigenvalue weighted by molar-refractivity contribution is 5.31. The summed E-state index contributed by atoms with van der Waals surface area (Å²) in [7, 11) is 1.62. The van der Waals surface area contributed by atoms with Gasteiger partial charge in [-0.3, -0.25) is 0 Å². The Labute approximate surface area is 125 Å². The SMILES string of the molecule is COc1ccc(OCC(O)CNC2(CO)CCCC2)cc1. The van der Waals surface area contributed by atoms with E-state index in [4.69, 9.17) is 9.47 Å². The second-order valence-electron chi connectivity index (χ2n) is 5.67. The number of β-amino-alcohol motifs (C(OH)–C–C–N with tert-alkyl or cyclic N) is 1. The molecular formula is C16H25NO4. The maximum Gasteiger partial charge on any atom is 0.119 e. The van der Waals surface area contributed by atoms with Crippen LogP contribution in [0.4, 0.5) is 0 Å². The average Bonchev–Trinajstić information content (AvgIpc) is 3.01. The second kappa shape index (κ2) is 7.64. The first-order valence-corrected chi connectivity index (χ1v) is 7.48. The topological polar surface area (TPSA) is 71.0 Å². The average molecular weight is 295 g/mol. The van der Waals surface area contributed by atoms with E-state index in [2.05, 4.69) is 5.32 Å². The van der Waals surface area contributed by atoms with E-state index in [1.807, 2.05) is 24.3 Å². The molecule has 1 atom stereocenters. The molecule has 1 fully saturated rings. The van der Waals surface area contributed by atoms with E-state index in [0.29, 0.717) is 12.3 Å². The third-order valence-corrected chi connectivity index (χ3v) is 4.08. The van der Waals surface area contributed by atoms with E-state index in [1.165, 1.54) is 0 Å². The third kappa shape index (κ3) is 4.59. The van der Waals surface area contributed by atoms with E-state index in [-0.39, 0.29) is 18.8 Å². The van der Waals surface area contributed by atoms with Crippen molar-refractivity contribution in [1.82, 2.24) is 5.32 Å². The molecule has 1 aliphatic rings. The van der Waals surface area contributed by atoms with Crippen LogP contribution >= 0.6 is 0 Å². The number of benzene rings is 1. The number of ether oxygens (including phenoxy) is 2. The maximum atomic E-state index is 9.99. The van der Waals surface area contributed by atoms with Gasteiger partial charge in [0.1, 0.15) is 24.2 Å². The maximum absolute atomic E-state index is 9.99. The quantitative estimate of drug-likeness (QED) is 0.675. The first-order chi connectivity index (χ1) is 10.2. The Morgan fingerprint density at radius 2 is 1.81 bits per heavy atom. The number of aliphatic hydroxyl groups excluding tert-OH is 2. The Kier molecular flexibility index (Phi) is 5.85. The smallest absolute Gasteiger partial charge is 0.119 e. The number of methoxy groups -OCH3 is 1. The van der Waals surface area contributed by atoms with Crippen molar-refractivity contribution in [3.05, 3.63) is 24.3 Å². The molecular weight excluding hydrogens is 270 g/mol. The molecule has 0 heterocycles. The van der Waals surface area contributed by atoms with Crippen molar-refractivity contribution < 1.29 is 19.7 Å². The largest absolute Gasteiger partial charge is 0.497 e. The molecule has 1 saturated carbocycles. The molecule has 3 N–H and O–H groups in total. The van der Waals surface area contributed by atoms with Crippen molar-refractivity contribution >= 4 is 0 Å². The Morgan fingerprint density at radius 3 is 2.38 bits per heavy atom. The molecule has 0 spiro atoms.